The summed E-state index contributed by atoms with van der Waals surface area (Å²) in [6.07, 6.45) is 1.93. The fourth-order valence-corrected chi connectivity index (χ4v) is 0. The molecule has 0 unspecified atom stereocenters. The van der Waals surface area contributed by atoms with E-state index in [2.05, 4.69) is 6.58 Å². The molecule has 0 fully saturated rings. The monoisotopic (exact) mass is 139 g/mol. The van der Waals surface area contributed by atoms with Crippen molar-refractivity contribution in [2.24, 2.45) is 0 Å². The molecule has 0 heterocycles. The molecule has 0 spiro atoms. The summed E-state index contributed by atoms with van der Waals surface area (Å²) in [5.41, 5.74) is 0. The van der Waals surface area contributed by atoms with Crippen LogP contribution in [0.1, 0.15) is 0 Å². The minimum Gasteiger partial charge on any atom is -0.197 e. The van der Waals surface area contributed by atoms with Crippen LogP contribution in [0.5, 0.6) is 0 Å². The molecule has 0 aromatic rings. The van der Waals surface area contributed by atoms with Crippen LogP contribution in [0, 0.1) is 0 Å². The van der Waals surface area contributed by atoms with E-state index in [9.17, 15) is 0 Å². The van der Waals surface area contributed by atoms with Crippen LogP contribution in [0.2, 0.25) is 5.02 Å². The molecule has 0 N–H and O–H groups in total. The van der Waals surface area contributed by atoms with E-state index in [0.29, 0.717) is 0 Å². The predicted molar refractivity (Wildman–Crippen MR) is 25.4 cm³/mol. The summed E-state index contributed by atoms with van der Waals surface area (Å²) in [7, 11) is 0. The Balaban J connectivity index is 0. The molecule has 0 radical (unpaired) electrons. The Hall–Kier alpha value is 0.713. The summed E-state index contributed by atoms with van der Waals surface area (Å²) in [6.45, 7) is 3.51. The van der Waals surface area contributed by atoms with Crippen molar-refractivity contribution in [1.82, 2.24) is 0 Å². The van der Waals surface area contributed by atoms with E-state index in [4.69, 9.17) is 0 Å². The third kappa shape index (κ3) is 11.8. The first kappa shape index (κ1) is 9.20. The Morgan fingerprint density at radius 3 is 2.00 bits per heavy atom. The molecule has 0 aromatic carbocycles. The molecule has 2 heteroatoms. The first-order valence-corrected chi connectivity index (χ1v) is 3.41. The van der Waals surface area contributed by atoms with Gasteiger partial charge in [-0.05, 0) is 0 Å². The Labute approximate surface area is 49.8 Å². The second kappa shape index (κ2) is 8.83. The summed E-state index contributed by atoms with van der Waals surface area (Å²) >= 11 is 1.35. The van der Waals surface area contributed by atoms with Gasteiger partial charge in [0.1, 0.15) is 0 Å². The molecule has 0 aliphatic carbocycles. The zero-order valence-corrected chi connectivity index (χ0v) is 7.17. The van der Waals surface area contributed by atoms with Crippen LogP contribution in [0.4, 0.5) is 0 Å². The average Bonchev–Trinajstić information content (AvgIpc) is 1.37. The van der Waals surface area contributed by atoms with Crippen molar-refractivity contribution < 1.29 is 18.3 Å². The van der Waals surface area contributed by atoms with E-state index >= 15 is 0 Å². The van der Waals surface area contributed by atoms with Gasteiger partial charge in [-0.3, -0.25) is 0 Å². The van der Waals surface area contributed by atoms with Gasteiger partial charge in [0.2, 0.25) is 0 Å². The Morgan fingerprint density at radius 1 is 1.80 bits per heavy atom. The van der Waals surface area contributed by atoms with Crippen molar-refractivity contribution in [2.45, 2.75) is 5.02 Å². The van der Waals surface area contributed by atoms with Gasteiger partial charge in [0.15, 0.2) is 0 Å². The summed E-state index contributed by atoms with van der Waals surface area (Å²) in [4.78, 5) is 0. The average molecular weight is 141 g/mol. The molecule has 27 valence electrons. The van der Waals surface area contributed by atoms with Gasteiger partial charge in [0, 0.05) is 0 Å². The molecular weight excluding hydrogens is 133 g/mol. The first-order chi connectivity index (χ1) is 1.91. The standard InChI is InChI=1S/C3H5.H2S.Zn/c1-3-2;;/h3H,1-2H2;1H2;. The maximum Gasteiger partial charge on any atom is -0.197 e. The SMILES string of the molecule is C=C[CH2][Zn].S. The van der Waals surface area contributed by atoms with Crippen LogP contribution in [0.3, 0.4) is 0 Å². The minimum absolute atomic E-state index is 0. The normalized spacial score (nSPS) is 5.20. The van der Waals surface area contributed by atoms with Crippen molar-refractivity contribution in [2.75, 3.05) is 0 Å². The number of hydrogen-bond donors (Lipinski definition) is 0. The third-order valence-corrected chi connectivity index (χ3v) is 1.06. The fraction of sp³-hybridized carbons (Fsp3) is 0.333. The van der Waals surface area contributed by atoms with Gasteiger partial charge in [0.25, 0.3) is 0 Å². The zero-order valence-electron chi connectivity index (χ0n) is 3.20. The zero-order chi connectivity index (χ0) is 3.41. The van der Waals surface area contributed by atoms with Crippen molar-refractivity contribution in [3.63, 3.8) is 0 Å². The minimum atomic E-state index is 0. The van der Waals surface area contributed by atoms with Crippen LogP contribution < -0.4 is 0 Å². The maximum atomic E-state index is 3.51. The number of hydrogen-bond acceptors (Lipinski definition) is 0. The van der Waals surface area contributed by atoms with Crippen molar-refractivity contribution in [3.05, 3.63) is 12.7 Å². The smallest absolute Gasteiger partial charge is 0.197 e. The largest absolute Gasteiger partial charge is 0.197 e. The second-order valence-corrected chi connectivity index (χ2v) is 1.79. The van der Waals surface area contributed by atoms with Crippen LogP contribution in [0.15, 0.2) is 12.7 Å². The summed E-state index contributed by atoms with van der Waals surface area (Å²) < 4.78 is 0. The van der Waals surface area contributed by atoms with E-state index in [-0.39, 0.29) is 13.5 Å². The van der Waals surface area contributed by atoms with Gasteiger partial charge >= 0.3 is 36.0 Å². The third-order valence-electron chi connectivity index (χ3n) is 0.204. The fourth-order valence-electron chi connectivity index (χ4n) is 0. The molecule has 0 nitrogen and oxygen atoms in total. The first-order valence-electron chi connectivity index (χ1n) is 1.32. The molecule has 0 saturated heterocycles. The Morgan fingerprint density at radius 2 is 2.00 bits per heavy atom. The topological polar surface area (TPSA) is 0 Å². The molecule has 5 heavy (non-hydrogen) atoms. The van der Waals surface area contributed by atoms with Crippen LogP contribution in [-0.2, 0) is 18.3 Å². The molecule has 0 bridgehead atoms. The molecule has 0 atom stereocenters. The van der Waals surface area contributed by atoms with E-state index in [1.807, 2.05) is 6.08 Å². The number of allylic oxidation sites excluding steroid dienone is 1. The van der Waals surface area contributed by atoms with Crippen LogP contribution in [-0.4, -0.2) is 0 Å². The molecule has 0 saturated carbocycles. The van der Waals surface area contributed by atoms with Crippen molar-refractivity contribution in [1.29, 1.82) is 0 Å². The summed E-state index contributed by atoms with van der Waals surface area (Å²) in [5.74, 6) is 0. The predicted octanol–water partition coefficient (Wildman–Crippen LogP) is 1.25. The van der Waals surface area contributed by atoms with E-state index in [1.165, 1.54) is 23.3 Å². The Bertz CT molecular complexity index is 20.9. The van der Waals surface area contributed by atoms with Gasteiger partial charge in [-0.25, -0.2) is 0 Å². The Kier molecular flexibility index (Phi) is 16.3. The van der Waals surface area contributed by atoms with E-state index < -0.39 is 0 Å². The summed E-state index contributed by atoms with van der Waals surface area (Å²) in [5, 5.41) is 1.21. The van der Waals surface area contributed by atoms with Crippen molar-refractivity contribution in [3.8, 4) is 0 Å². The van der Waals surface area contributed by atoms with Gasteiger partial charge in [-0.2, -0.15) is 13.5 Å². The summed E-state index contributed by atoms with van der Waals surface area (Å²) in [6, 6.07) is 0. The molecule has 0 aliphatic rings. The second-order valence-electron chi connectivity index (χ2n) is 0.577. The van der Waals surface area contributed by atoms with Gasteiger partial charge < -0.3 is 0 Å². The molecular formula is C3H7SZn. The van der Waals surface area contributed by atoms with Crippen LogP contribution >= 0.6 is 13.5 Å². The van der Waals surface area contributed by atoms with E-state index in [0.717, 1.165) is 0 Å². The van der Waals surface area contributed by atoms with Crippen LogP contribution in [0.25, 0.3) is 0 Å². The van der Waals surface area contributed by atoms with Gasteiger partial charge in [-0.1, -0.05) is 0 Å². The van der Waals surface area contributed by atoms with Gasteiger partial charge in [0.05, 0.1) is 0 Å². The molecule has 0 aromatic heterocycles. The molecule has 0 amide bonds. The van der Waals surface area contributed by atoms with E-state index in [1.54, 1.807) is 0 Å². The molecule has 0 aliphatic heterocycles. The van der Waals surface area contributed by atoms with Crippen molar-refractivity contribution >= 4 is 13.5 Å². The van der Waals surface area contributed by atoms with Gasteiger partial charge in [-0.15, -0.1) is 0 Å². The quantitative estimate of drug-likeness (QED) is 0.380. The number of rotatable bonds is 1. The maximum absolute atomic E-state index is 3.51. The molecule has 0 rings (SSSR count).